The predicted molar refractivity (Wildman–Crippen MR) is 75.9 cm³/mol. The van der Waals surface area contributed by atoms with E-state index in [1.807, 2.05) is 0 Å². The molecule has 3 unspecified atom stereocenters. The SMILES string of the molecule is O=C(CCC1CCCCO1)NCC1CCCC1Br. The molecule has 4 heteroatoms. The number of hydrogen-bond acceptors (Lipinski definition) is 2. The lowest BCUT2D eigenvalue weighted by molar-refractivity contribution is -0.122. The Bertz CT molecular complexity index is 267. The minimum absolute atomic E-state index is 0.191. The maximum atomic E-state index is 11.8. The van der Waals surface area contributed by atoms with Crippen molar-refractivity contribution >= 4 is 21.8 Å². The number of rotatable bonds is 5. The molecule has 104 valence electrons. The van der Waals surface area contributed by atoms with Crippen molar-refractivity contribution in [2.24, 2.45) is 5.92 Å². The van der Waals surface area contributed by atoms with E-state index in [0.29, 0.717) is 23.3 Å². The fraction of sp³-hybridized carbons (Fsp3) is 0.929. The zero-order valence-electron chi connectivity index (χ0n) is 11.0. The van der Waals surface area contributed by atoms with Crippen LogP contribution in [0.4, 0.5) is 0 Å². The summed E-state index contributed by atoms with van der Waals surface area (Å²) in [4.78, 5) is 12.4. The van der Waals surface area contributed by atoms with Crippen LogP contribution in [0.25, 0.3) is 0 Å². The molecule has 1 aliphatic carbocycles. The molecule has 1 saturated carbocycles. The molecule has 1 heterocycles. The highest BCUT2D eigenvalue weighted by Crippen LogP contribution is 2.30. The van der Waals surface area contributed by atoms with Gasteiger partial charge in [0.2, 0.25) is 5.91 Å². The summed E-state index contributed by atoms with van der Waals surface area (Å²) in [5, 5.41) is 3.07. The number of hydrogen-bond donors (Lipinski definition) is 1. The first-order valence-electron chi connectivity index (χ1n) is 7.28. The average Bonchev–Trinajstić information content (AvgIpc) is 2.81. The van der Waals surface area contributed by atoms with Crippen molar-refractivity contribution in [2.45, 2.75) is 62.3 Å². The maximum Gasteiger partial charge on any atom is 0.220 e. The second kappa shape index (κ2) is 7.49. The third kappa shape index (κ3) is 4.54. The molecule has 1 aliphatic heterocycles. The van der Waals surface area contributed by atoms with Crippen LogP contribution in [0.15, 0.2) is 0 Å². The van der Waals surface area contributed by atoms with Gasteiger partial charge in [0.15, 0.2) is 0 Å². The van der Waals surface area contributed by atoms with E-state index in [1.165, 1.54) is 32.1 Å². The molecule has 1 amide bonds. The molecule has 1 N–H and O–H groups in total. The van der Waals surface area contributed by atoms with E-state index in [4.69, 9.17) is 4.74 Å². The first-order chi connectivity index (χ1) is 8.75. The van der Waals surface area contributed by atoms with Gasteiger partial charge in [0.05, 0.1) is 6.10 Å². The van der Waals surface area contributed by atoms with Gasteiger partial charge in [0.25, 0.3) is 0 Å². The minimum Gasteiger partial charge on any atom is -0.378 e. The summed E-state index contributed by atoms with van der Waals surface area (Å²) < 4.78 is 5.64. The van der Waals surface area contributed by atoms with Crippen molar-refractivity contribution in [3.8, 4) is 0 Å². The first kappa shape index (κ1) is 14.3. The van der Waals surface area contributed by atoms with E-state index < -0.39 is 0 Å². The van der Waals surface area contributed by atoms with E-state index in [2.05, 4.69) is 21.2 Å². The summed E-state index contributed by atoms with van der Waals surface area (Å²) >= 11 is 3.69. The van der Waals surface area contributed by atoms with Crippen LogP contribution >= 0.6 is 15.9 Å². The second-order valence-electron chi connectivity index (χ2n) is 5.54. The molecule has 3 nitrogen and oxygen atoms in total. The normalized spacial score (nSPS) is 32.4. The van der Waals surface area contributed by atoms with E-state index in [1.54, 1.807) is 0 Å². The first-order valence-corrected chi connectivity index (χ1v) is 8.19. The van der Waals surface area contributed by atoms with Crippen LogP contribution in [0.5, 0.6) is 0 Å². The van der Waals surface area contributed by atoms with Gasteiger partial charge in [0.1, 0.15) is 0 Å². The van der Waals surface area contributed by atoms with Gasteiger partial charge in [0, 0.05) is 24.4 Å². The quantitative estimate of drug-likeness (QED) is 0.791. The van der Waals surface area contributed by atoms with E-state index in [-0.39, 0.29) is 5.91 Å². The number of alkyl halides is 1. The van der Waals surface area contributed by atoms with Crippen molar-refractivity contribution in [3.05, 3.63) is 0 Å². The van der Waals surface area contributed by atoms with Gasteiger partial charge in [-0.25, -0.2) is 0 Å². The van der Waals surface area contributed by atoms with Gasteiger partial charge in [-0.05, 0) is 44.4 Å². The van der Waals surface area contributed by atoms with Crippen LogP contribution in [0, 0.1) is 5.92 Å². The van der Waals surface area contributed by atoms with Gasteiger partial charge in [-0.2, -0.15) is 0 Å². The number of carbonyl (C=O) groups is 1. The van der Waals surface area contributed by atoms with Crippen LogP contribution in [0.2, 0.25) is 0 Å². The summed E-state index contributed by atoms with van der Waals surface area (Å²) in [6, 6.07) is 0. The standard InChI is InChI=1S/C14H24BrNO2/c15-13-6-3-4-11(13)10-16-14(17)8-7-12-5-1-2-9-18-12/h11-13H,1-10H2,(H,16,17). The molecular weight excluding hydrogens is 294 g/mol. The van der Waals surface area contributed by atoms with E-state index in [9.17, 15) is 4.79 Å². The molecule has 0 aromatic rings. The largest absolute Gasteiger partial charge is 0.378 e. The molecule has 1 saturated heterocycles. The van der Waals surface area contributed by atoms with Crippen molar-refractivity contribution in [3.63, 3.8) is 0 Å². The number of ether oxygens (including phenoxy) is 1. The van der Waals surface area contributed by atoms with Crippen molar-refractivity contribution < 1.29 is 9.53 Å². The summed E-state index contributed by atoms with van der Waals surface area (Å²) in [6.45, 7) is 1.71. The average molecular weight is 318 g/mol. The van der Waals surface area contributed by atoms with Gasteiger partial charge < -0.3 is 10.1 Å². The highest BCUT2D eigenvalue weighted by atomic mass is 79.9. The van der Waals surface area contributed by atoms with Crippen LogP contribution in [0.1, 0.15) is 51.4 Å². The smallest absolute Gasteiger partial charge is 0.220 e. The summed E-state index contributed by atoms with van der Waals surface area (Å²) in [5.74, 6) is 0.815. The Labute approximate surface area is 118 Å². The monoisotopic (exact) mass is 317 g/mol. The molecule has 0 spiro atoms. The van der Waals surface area contributed by atoms with Crippen LogP contribution in [0.3, 0.4) is 0 Å². The number of nitrogens with one attached hydrogen (secondary N) is 1. The van der Waals surface area contributed by atoms with E-state index in [0.717, 1.165) is 26.0 Å². The van der Waals surface area contributed by atoms with Crippen molar-refractivity contribution in [1.29, 1.82) is 0 Å². The minimum atomic E-state index is 0.191. The fourth-order valence-electron chi connectivity index (χ4n) is 2.88. The lowest BCUT2D eigenvalue weighted by Crippen LogP contribution is -2.31. The lowest BCUT2D eigenvalue weighted by Gasteiger charge is -2.22. The number of halogens is 1. The highest BCUT2D eigenvalue weighted by molar-refractivity contribution is 9.09. The molecular formula is C14H24BrNO2. The summed E-state index contributed by atoms with van der Waals surface area (Å²) in [5.41, 5.74) is 0. The molecule has 0 radical (unpaired) electrons. The maximum absolute atomic E-state index is 11.8. The topological polar surface area (TPSA) is 38.3 Å². The Balaban J connectivity index is 1.57. The van der Waals surface area contributed by atoms with Gasteiger partial charge >= 0.3 is 0 Å². The van der Waals surface area contributed by atoms with Gasteiger partial charge in [-0.15, -0.1) is 0 Å². The number of amides is 1. The predicted octanol–water partition coefficient (Wildman–Crippen LogP) is 3.02. The summed E-state index contributed by atoms with van der Waals surface area (Å²) in [6.07, 6.45) is 9.14. The molecule has 0 aromatic carbocycles. The summed E-state index contributed by atoms with van der Waals surface area (Å²) in [7, 11) is 0. The fourth-order valence-corrected chi connectivity index (χ4v) is 3.66. The van der Waals surface area contributed by atoms with Gasteiger partial charge in [-0.3, -0.25) is 4.79 Å². The Morgan fingerprint density at radius 2 is 2.11 bits per heavy atom. The second-order valence-corrected chi connectivity index (χ2v) is 6.71. The van der Waals surface area contributed by atoms with Crippen LogP contribution in [-0.4, -0.2) is 30.0 Å². The van der Waals surface area contributed by atoms with E-state index >= 15 is 0 Å². The third-order valence-corrected chi connectivity index (χ3v) is 5.30. The molecule has 2 fully saturated rings. The Kier molecular flexibility index (Phi) is 5.96. The van der Waals surface area contributed by atoms with Crippen LogP contribution < -0.4 is 5.32 Å². The Morgan fingerprint density at radius 1 is 1.22 bits per heavy atom. The molecule has 3 atom stereocenters. The van der Waals surface area contributed by atoms with Crippen molar-refractivity contribution in [1.82, 2.24) is 5.32 Å². The molecule has 2 aliphatic rings. The zero-order chi connectivity index (χ0) is 12.8. The lowest BCUT2D eigenvalue weighted by atomic mass is 10.0. The third-order valence-electron chi connectivity index (χ3n) is 4.10. The molecule has 2 rings (SSSR count). The highest BCUT2D eigenvalue weighted by Gasteiger charge is 2.25. The molecule has 18 heavy (non-hydrogen) atoms. The van der Waals surface area contributed by atoms with Crippen LogP contribution in [-0.2, 0) is 9.53 Å². The van der Waals surface area contributed by atoms with Crippen molar-refractivity contribution in [2.75, 3.05) is 13.2 Å². The number of carbonyl (C=O) groups excluding carboxylic acids is 1. The van der Waals surface area contributed by atoms with Gasteiger partial charge in [-0.1, -0.05) is 22.4 Å². The molecule has 0 bridgehead atoms. The zero-order valence-corrected chi connectivity index (χ0v) is 12.6. The Hall–Kier alpha value is -0.0900. The Morgan fingerprint density at radius 3 is 2.78 bits per heavy atom. The molecule has 0 aromatic heterocycles.